The topological polar surface area (TPSA) is 71.2 Å². The molecule has 3 heterocycles. The number of nitrogens with zero attached hydrogens (tertiary/aromatic N) is 2. The number of fused-ring (bicyclic) bond motifs is 1. The second kappa shape index (κ2) is 5.22. The summed E-state index contributed by atoms with van der Waals surface area (Å²) >= 11 is 1.76. The molecule has 0 aromatic carbocycles. The zero-order valence-corrected chi connectivity index (χ0v) is 12.0. The van der Waals surface area contributed by atoms with E-state index in [9.17, 15) is 4.79 Å². The van der Waals surface area contributed by atoms with E-state index < -0.39 is 0 Å². The summed E-state index contributed by atoms with van der Waals surface area (Å²) in [5, 5.41) is 2.09. The molecule has 1 unspecified atom stereocenters. The Bertz CT molecular complexity index is 640. The third-order valence-corrected chi connectivity index (χ3v) is 4.71. The zero-order valence-electron chi connectivity index (χ0n) is 11.2. The lowest BCUT2D eigenvalue weighted by molar-refractivity contribution is 0.0680. The Morgan fingerprint density at radius 2 is 2.40 bits per heavy atom. The van der Waals surface area contributed by atoms with Gasteiger partial charge in [-0.05, 0) is 42.5 Å². The maximum absolute atomic E-state index is 12.7. The zero-order chi connectivity index (χ0) is 14.1. The second-order valence-electron chi connectivity index (χ2n) is 4.77. The summed E-state index contributed by atoms with van der Waals surface area (Å²) in [5.74, 6) is 5.82. The number of anilines is 1. The first-order valence-corrected chi connectivity index (χ1v) is 7.39. The van der Waals surface area contributed by atoms with Gasteiger partial charge >= 0.3 is 0 Å². The predicted octanol–water partition coefficient (Wildman–Crippen LogP) is 2.19. The van der Waals surface area contributed by atoms with E-state index in [4.69, 9.17) is 5.84 Å². The van der Waals surface area contributed by atoms with Crippen LogP contribution in [-0.4, -0.2) is 22.3 Å². The molecule has 2 aromatic rings. The van der Waals surface area contributed by atoms with E-state index in [1.807, 2.05) is 4.90 Å². The minimum atomic E-state index is -0.0320. The summed E-state index contributed by atoms with van der Waals surface area (Å²) in [6.45, 7) is 2.79. The summed E-state index contributed by atoms with van der Waals surface area (Å²) in [6.07, 6.45) is 2.53. The summed E-state index contributed by atoms with van der Waals surface area (Å²) in [5.41, 5.74) is 4.25. The number of nitrogens with one attached hydrogen (secondary N) is 1. The first-order valence-electron chi connectivity index (χ1n) is 6.51. The Balaban J connectivity index is 1.92. The van der Waals surface area contributed by atoms with Crippen molar-refractivity contribution in [1.29, 1.82) is 0 Å². The van der Waals surface area contributed by atoms with E-state index in [1.165, 1.54) is 10.4 Å². The van der Waals surface area contributed by atoms with E-state index >= 15 is 0 Å². The van der Waals surface area contributed by atoms with Gasteiger partial charge in [-0.1, -0.05) is 0 Å². The Kier molecular flexibility index (Phi) is 3.42. The predicted molar refractivity (Wildman–Crippen MR) is 79.5 cm³/mol. The van der Waals surface area contributed by atoms with Gasteiger partial charge in [0.25, 0.3) is 5.91 Å². The van der Waals surface area contributed by atoms with Crippen molar-refractivity contribution in [3.63, 3.8) is 0 Å². The number of rotatable bonds is 2. The second-order valence-corrected chi connectivity index (χ2v) is 5.77. The van der Waals surface area contributed by atoms with Gasteiger partial charge in [0.1, 0.15) is 0 Å². The number of amides is 1. The van der Waals surface area contributed by atoms with Gasteiger partial charge in [-0.2, -0.15) is 0 Å². The van der Waals surface area contributed by atoms with E-state index in [1.54, 1.807) is 29.7 Å². The highest BCUT2D eigenvalue weighted by atomic mass is 32.1. The van der Waals surface area contributed by atoms with Crippen molar-refractivity contribution >= 4 is 23.1 Å². The number of hydrogen-bond donors (Lipinski definition) is 2. The molecule has 0 aliphatic carbocycles. The van der Waals surface area contributed by atoms with Crippen molar-refractivity contribution in [2.75, 3.05) is 12.0 Å². The summed E-state index contributed by atoms with van der Waals surface area (Å²) in [4.78, 5) is 20.1. The van der Waals surface area contributed by atoms with E-state index in [-0.39, 0.29) is 11.9 Å². The molecule has 5 nitrogen and oxygen atoms in total. The molecular formula is C14H16N4OS. The fraction of sp³-hybridized carbons (Fsp3) is 0.286. The van der Waals surface area contributed by atoms with E-state index in [0.717, 1.165) is 13.0 Å². The van der Waals surface area contributed by atoms with Crippen LogP contribution in [0, 0.1) is 0 Å². The van der Waals surface area contributed by atoms with Gasteiger partial charge in [-0.25, -0.2) is 10.8 Å². The molecule has 1 atom stereocenters. The Morgan fingerprint density at radius 3 is 3.20 bits per heavy atom. The van der Waals surface area contributed by atoms with Crippen molar-refractivity contribution in [3.05, 3.63) is 45.8 Å². The monoisotopic (exact) mass is 288 g/mol. The fourth-order valence-electron chi connectivity index (χ4n) is 2.63. The van der Waals surface area contributed by atoms with Crippen LogP contribution in [0.5, 0.6) is 0 Å². The van der Waals surface area contributed by atoms with Gasteiger partial charge in [0.15, 0.2) is 5.82 Å². The van der Waals surface area contributed by atoms with Crippen LogP contribution in [0.1, 0.15) is 33.8 Å². The number of thiophene rings is 1. The van der Waals surface area contributed by atoms with Crippen LogP contribution in [0.15, 0.2) is 29.8 Å². The van der Waals surface area contributed by atoms with Crippen molar-refractivity contribution in [2.24, 2.45) is 5.84 Å². The van der Waals surface area contributed by atoms with Gasteiger partial charge in [0.05, 0.1) is 11.6 Å². The van der Waals surface area contributed by atoms with Gasteiger partial charge < -0.3 is 10.3 Å². The maximum atomic E-state index is 12.7. The molecule has 20 heavy (non-hydrogen) atoms. The smallest absolute Gasteiger partial charge is 0.258 e. The van der Waals surface area contributed by atoms with Crippen LogP contribution in [0.4, 0.5) is 5.82 Å². The van der Waals surface area contributed by atoms with Crippen molar-refractivity contribution in [3.8, 4) is 0 Å². The third kappa shape index (κ3) is 2.07. The van der Waals surface area contributed by atoms with Crippen molar-refractivity contribution in [2.45, 2.75) is 19.4 Å². The Labute approximate surface area is 121 Å². The maximum Gasteiger partial charge on any atom is 0.258 e. The molecule has 3 rings (SSSR count). The number of hydrogen-bond acceptors (Lipinski definition) is 5. The molecule has 0 spiro atoms. The highest BCUT2D eigenvalue weighted by Crippen LogP contribution is 2.34. The normalized spacial score (nSPS) is 17.7. The highest BCUT2D eigenvalue weighted by molar-refractivity contribution is 7.10. The average Bonchev–Trinajstić information content (AvgIpc) is 2.96. The van der Waals surface area contributed by atoms with E-state index in [0.29, 0.717) is 11.4 Å². The number of carbonyl (C=O) groups excluding carboxylic acids is 1. The van der Waals surface area contributed by atoms with Crippen molar-refractivity contribution in [1.82, 2.24) is 9.88 Å². The standard InChI is InChI=1S/C14H16N4OS/c1-9-10-5-8-20-12(10)4-7-18(9)14(19)11-3-2-6-16-13(11)17-15/h2-3,5-6,8-9H,4,7,15H2,1H3,(H,16,17). The largest absolute Gasteiger partial charge is 0.331 e. The lowest BCUT2D eigenvalue weighted by atomic mass is 10.0. The van der Waals surface area contributed by atoms with Crippen LogP contribution in [0.25, 0.3) is 0 Å². The molecule has 6 heteroatoms. The lowest BCUT2D eigenvalue weighted by Crippen LogP contribution is -2.38. The molecule has 0 bridgehead atoms. The van der Waals surface area contributed by atoms with Crippen LogP contribution in [0.2, 0.25) is 0 Å². The lowest BCUT2D eigenvalue weighted by Gasteiger charge is -2.34. The van der Waals surface area contributed by atoms with Gasteiger partial charge in [0, 0.05) is 17.6 Å². The summed E-state index contributed by atoms with van der Waals surface area (Å²) in [7, 11) is 0. The number of nitrogens with two attached hydrogens (primary N) is 1. The van der Waals surface area contributed by atoms with Gasteiger partial charge in [0.2, 0.25) is 0 Å². The molecule has 1 aliphatic rings. The van der Waals surface area contributed by atoms with Gasteiger partial charge in [-0.3, -0.25) is 4.79 Å². The highest BCUT2D eigenvalue weighted by Gasteiger charge is 2.30. The Hall–Kier alpha value is -1.92. The summed E-state index contributed by atoms with van der Waals surface area (Å²) in [6, 6.07) is 5.69. The number of pyridine rings is 1. The molecule has 104 valence electrons. The van der Waals surface area contributed by atoms with Crippen LogP contribution in [-0.2, 0) is 6.42 Å². The molecule has 0 fully saturated rings. The summed E-state index contributed by atoms with van der Waals surface area (Å²) < 4.78 is 0. The van der Waals surface area contributed by atoms with E-state index in [2.05, 4.69) is 28.8 Å². The molecule has 0 saturated heterocycles. The molecular weight excluding hydrogens is 272 g/mol. The SMILES string of the molecule is CC1c2ccsc2CCN1C(=O)c1cccnc1NN. The number of carbonyl (C=O) groups is 1. The molecule has 1 aliphatic heterocycles. The molecule has 1 amide bonds. The minimum Gasteiger partial charge on any atom is -0.331 e. The first-order chi connectivity index (χ1) is 9.72. The van der Waals surface area contributed by atoms with Crippen LogP contribution < -0.4 is 11.3 Å². The van der Waals surface area contributed by atoms with Crippen LogP contribution >= 0.6 is 11.3 Å². The molecule has 2 aromatic heterocycles. The molecule has 0 saturated carbocycles. The number of aromatic nitrogens is 1. The third-order valence-electron chi connectivity index (χ3n) is 3.71. The molecule has 3 N–H and O–H groups in total. The number of nitrogen functional groups attached to an aromatic ring is 1. The fourth-order valence-corrected chi connectivity index (χ4v) is 3.60. The minimum absolute atomic E-state index is 0.0320. The first kappa shape index (κ1) is 13.1. The van der Waals surface area contributed by atoms with Crippen LogP contribution in [0.3, 0.4) is 0 Å². The Morgan fingerprint density at radius 1 is 1.55 bits per heavy atom. The average molecular weight is 288 g/mol. The molecule has 0 radical (unpaired) electrons. The quantitative estimate of drug-likeness (QED) is 0.656. The number of hydrazine groups is 1. The van der Waals surface area contributed by atoms with Crippen molar-refractivity contribution < 1.29 is 4.79 Å². The van der Waals surface area contributed by atoms with Gasteiger partial charge in [-0.15, -0.1) is 11.3 Å².